The molecule has 3 rings (SSSR count). The second-order valence-corrected chi connectivity index (χ2v) is 3.40. The fraction of sp³-hybridized carbons (Fsp3) is 0. The topological polar surface area (TPSA) is 54.7 Å². The molecule has 0 spiro atoms. The van der Waals surface area contributed by atoms with Crippen LogP contribution in [0.25, 0.3) is 11.1 Å². The van der Waals surface area contributed by atoms with Crippen LogP contribution in [0.2, 0.25) is 0 Å². The van der Waals surface area contributed by atoms with Gasteiger partial charge in [0.1, 0.15) is 5.36 Å². The second-order valence-electron chi connectivity index (χ2n) is 3.40. The highest BCUT2D eigenvalue weighted by Crippen LogP contribution is 2.13. The Morgan fingerprint density at radius 3 is 2.56 bits per heavy atom. The van der Waals surface area contributed by atoms with Crippen LogP contribution in [0.5, 0.6) is 0 Å². The second kappa shape index (κ2) is 3.34. The minimum absolute atomic E-state index is 0.409. The lowest BCUT2D eigenvalue weighted by atomic mass is 10.1. The van der Waals surface area contributed by atoms with Crippen LogP contribution in [0.1, 0.15) is 0 Å². The van der Waals surface area contributed by atoms with E-state index in [-0.39, 0.29) is 0 Å². The van der Waals surface area contributed by atoms with Crippen molar-refractivity contribution in [3.05, 3.63) is 53.4 Å². The fourth-order valence-corrected chi connectivity index (χ4v) is 1.70. The van der Waals surface area contributed by atoms with E-state index >= 15 is 0 Å². The van der Waals surface area contributed by atoms with E-state index in [4.69, 9.17) is 0 Å². The van der Waals surface area contributed by atoms with E-state index in [1.807, 2.05) is 36.4 Å². The van der Waals surface area contributed by atoms with Gasteiger partial charge in [-0.05, 0) is 11.6 Å². The van der Waals surface area contributed by atoms with E-state index in [0.29, 0.717) is 10.8 Å². The average molecular weight is 209 g/mol. The highest BCUT2D eigenvalue weighted by molar-refractivity contribution is 5.78. The first-order valence-electron chi connectivity index (χ1n) is 4.86. The Morgan fingerprint density at radius 1 is 0.938 bits per heavy atom. The van der Waals surface area contributed by atoms with Gasteiger partial charge in [0.15, 0.2) is 5.49 Å². The first-order valence-corrected chi connectivity index (χ1v) is 4.86. The van der Waals surface area contributed by atoms with Crippen molar-refractivity contribution in [1.29, 1.82) is 0 Å². The van der Waals surface area contributed by atoms with Gasteiger partial charge in [0, 0.05) is 11.8 Å². The predicted octanol–water partition coefficient (Wildman–Crippen LogP) is 1.12. The first kappa shape index (κ1) is 8.91. The first-order chi connectivity index (χ1) is 7.84. The summed E-state index contributed by atoms with van der Waals surface area (Å²) in [5, 5.41) is 0.568. The van der Waals surface area contributed by atoms with E-state index < -0.39 is 6.03 Å². The molecule has 0 saturated carbocycles. The number of rotatable bonds is 1. The molecule has 76 valence electrons. The third-order valence-electron chi connectivity index (χ3n) is 2.40. The lowest BCUT2D eigenvalue weighted by Crippen LogP contribution is -2.27. The van der Waals surface area contributed by atoms with Crippen LogP contribution in [-0.2, 0) is 0 Å². The third kappa shape index (κ3) is 1.32. The summed E-state index contributed by atoms with van der Waals surface area (Å²) in [6, 6.07) is 11.1. The van der Waals surface area contributed by atoms with Crippen molar-refractivity contribution in [2.75, 3.05) is 0 Å². The van der Waals surface area contributed by atoms with Gasteiger partial charge in [0.05, 0.1) is 0 Å². The van der Waals surface area contributed by atoms with Gasteiger partial charge >= 0.3 is 6.03 Å². The van der Waals surface area contributed by atoms with Gasteiger partial charge in [-0.3, -0.25) is 0 Å². The molecule has 4 heteroatoms. The number of carbonyl (C=O) groups is 1. The smallest absolute Gasteiger partial charge is 0.244 e. The zero-order valence-electron chi connectivity index (χ0n) is 8.29. The Kier molecular flexibility index (Phi) is 1.86. The molecule has 16 heavy (non-hydrogen) atoms. The summed E-state index contributed by atoms with van der Waals surface area (Å²) >= 11 is 0. The van der Waals surface area contributed by atoms with Crippen molar-refractivity contribution < 1.29 is 4.79 Å². The molecule has 0 unspecified atom stereocenters. The number of aromatic nitrogens is 1. The van der Waals surface area contributed by atoms with Crippen molar-refractivity contribution in [2.24, 2.45) is 9.98 Å². The average Bonchev–Trinajstić information content (AvgIpc) is 2.70. The summed E-state index contributed by atoms with van der Waals surface area (Å²) in [6.45, 7) is 0. The maximum absolute atomic E-state index is 11.1. The number of hydrogen-bond acceptors (Lipinski definition) is 2. The van der Waals surface area contributed by atoms with Crippen LogP contribution in [0, 0.1) is 0 Å². The van der Waals surface area contributed by atoms with E-state index in [1.165, 1.54) is 0 Å². The highest BCUT2D eigenvalue weighted by atomic mass is 16.2. The Morgan fingerprint density at radius 2 is 1.75 bits per heavy atom. The van der Waals surface area contributed by atoms with Gasteiger partial charge in [0.2, 0.25) is 0 Å². The van der Waals surface area contributed by atoms with E-state index in [2.05, 4.69) is 15.0 Å². The van der Waals surface area contributed by atoms with Crippen molar-refractivity contribution in [3.63, 3.8) is 0 Å². The summed E-state index contributed by atoms with van der Waals surface area (Å²) in [5.74, 6) is 0. The molecule has 2 heterocycles. The summed E-state index contributed by atoms with van der Waals surface area (Å²) in [4.78, 5) is 22.7. The van der Waals surface area contributed by atoms with Crippen LogP contribution >= 0.6 is 0 Å². The molecule has 0 aliphatic carbocycles. The number of carbonyl (C=O) groups excluding carboxylic acids is 1. The molecule has 1 aromatic heterocycles. The van der Waals surface area contributed by atoms with Crippen molar-refractivity contribution >= 4 is 6.03 Å². The maximum atomic E-state index is 11.1. The van der Waals surface area contributed by atoms with Crippen LogP contribution in [0.4, 0.5) is 4.79 Å². The molecule has 1 aliphatic rings. The van der Waals surface area contributed by atoms with E-state index in [0.717, 1.165) is 11.1 Å². The van der Waals surface area contributed by atoms with Crippen molar-refractivity contribution in [2.45, 2.75) is 0 Å². The quantitative estimate of drug-likeness (QED) is 0.706. The molecule has 0 fully saturated rings. The van der Waals surface area contributed by atoms with E-state index in [9.17, 15) is 4.79 Å². The van der Waals surface area contributed by atoms with Gasteiger partial charge < -0.3 is 0 Å². The number of amides is 2. The van der Waals surface area contributed by atoms with Gasteiger partial charge in [-0.2, -0.15) is 9.98 Å². The standard InChI is InChI=1S/C12H7N3O/c16-12-14-10-9(6-7-13-11(10)15-12)8-4-2-1-3-5-8/h1-7H. The van der Waals surface area contributed by atoms with Crippen LogP contribution in [0.3, 0.4) is 0 Å². The number of fused-ring (bicyclic) bond motifs is 1. The van der Waals surface area contributed by atoms with Crippen LogP contribution < -0.4 is 10.8 Å². The summed E-state index contributed by atoms with van der Waals surface area (Å²) in [5.41, 5.74) is 2.31. The summed E-state index contributed by atoms with van der Waals surface area (Å²) in [7, 11) is 0. The minimum Gasteiger partial charge on any atom is -0.244 e. The van der Waals surface area contributed by atoms with Crippen molar-refractivity contribution in [1.82, 2.24) is 4.98 Å². The molecular weight excluding hydrogens is 202 g/mol. The summed E-state index contributed by atoms with van der Waals surface area (Å²) < 4.78 is 0. The number of urea groups is 1. The zero-order valence-corrected chi connectivity index (χ0v) is 8.29. The molecular formula is C12H7N3O. The molecule has 1 aliphatic heterocycles. The normalized spacial score (nSPS) is 12.9. The Balaban J connectivity index is 2.35. The Bertz CT molecular complexity index is 677. The molecule has 0 saturated heterocycles. The Hall–Kier alpha value is -2.36. The molecule has 0 N–H and O–H groups in total. The molecule has 0 radical (unpaired) electrons. The SMILES string of the molecule is O=C1N=c2nccc(-c3ccccc3)c2=N1. The van der Waals surface area contributed by atoms with Crippen LogP contribution in [0.15, 0.2) is 52.6 Å². The largest absolute Gasteiger partial charge is 0.369 e. The van der Waals surface area contributed by atoms with Gasteiger partial charge in [-0.15, -0.1) is 0 Å². The third-order valence-corrected chi connectivity index (χ3v) is 2.40. The zero-order chi connectivity index (χ0) is 11.0. The minimum atomic E-state index is -0.481. The van der Waals surface area contributed by atoms with Crippen molar-refractivity contribution in [3.8, 4) is 11.1 Å². The maximum Gasteiger partial charge on any atom is 0.369 e. The summed E-state index contributed by atoms with van der Waals surface area (Å²) in [6.07, 6.45) is 1.64. The molecule has 4 nitrogen and oxygen atoms in total. The van der Waals surface area contributed by atoms with Gasteiger partial charge in [-0.1, -0.05) is 30.3 Å². The monoisotopic (exact) mass is 209 g/mol. The molecule has 0 atom stereocenters. The predicted molar refractivity (Wildman–Crippen MR) is 57.4 cm³/mol. The number of nitrogens with zero attached hydrogens (tertiary/aromatic N) is 3. The Labute approximate surface area is 91.0 Å². The lowest BCUT2D eigenvalue weighted by Gasteiger charge is -1.99. The van der Waals surface area contributed by atoms with E-state index in [1.54, 1.807) is 6.20 Å². The van der Waals surface area contributed by atoms with Crippen LogP contribution in [-0.4, -0.2) is 11.0 Å². The molecule has 2 amide bonds. The molecule has 2 aromatic rings. The number of benzene rings is 1. The molecule has 1 aromatic carbocycles. The lowest BCUT2D eigenvalue weighted by molar-refractivity contribution is 0.256. The molecule has 0 bridgehead atoms. The fourth-order valence-electron chi connectivity index (χ4n) is 1.70. The van der Waals surface area contributed by atoms with Gasteiger partial charge in [-0.25, -0.2) is 9.78 Å². The highest BCUT2D eigenvalue weighted by Gasteiger charge is 2.10. The number of hydrogen-bond donors (Lipinski definition) is 0. The number of pyridine rings is 1. The van der Waals surface area contributed by atoms with Gasteiger partial charge in [0.25, 0.3) is 0 Å².